The van der Waals surface area contributed by atoms with E-state index in [9.17, 15) is 14.4 Å². The van der Waals surface area contributed by atoms with Crippen LogP contribution in [0.2, 0.25) is 0 Å². The molecule has 2 N–H and O–H groups in total. The van der Waals surface area contributed by atoms with Gasteiger partial charge in [-0.1, -0.05) is 44.9 Å². The van der Waals surface area contributed by atoms with Crippen LogP contribution in [-0.2, 0) is 42.1 Å². The van der Waals surface area contributed by atoms with E-state index in [2.05, 4.69) is 77.1 Å². The van der Waals surface area contributed by atoms with Crippen LogP contribution in [0, 0.1) is 29.6 Å². The SMILES string of the molecule is CCC1CN(C)C2Cc3c([nH]c4ccccc34)C(c3cc4c5c([nH]c4cc3OC)C3(C(=O)OC)CC4CC(CC)C3N(CC5)C4CC(C)=O)CC1C2C(=O)OC. The van der Waals surface area contributed by atoms with Gasteiger partial charge in [-0.25, -0.2) is 0 Å². The Morgan fingerprint density at radius 3 is 2.43 bits per heavy atom. The Balaban J connectivity index is 1.26. The van der Waals surface area contributed by atoms with Crippen molar-refractivity contribution in [3.05, 3.63) is 64.5 Å². The Hall–Kier alpha value is -4.15. The number of hydrogen-bond acceptors (Lipinski definition) is 8. The number of nitrogens with zero attached hydrogens (tertiary/aromatic N) is 2. The Labute approximate surface area is 330 Å². The molecule has 56 heavy (non-hydrogen) atoms. The lowest BCUT2D eigenvalue weighted by atomic mass is 9.54. The third kappa shape index (κ3) is 5.37. The molecule has 6 heterocycles. The van der Waals surface area contributed by atoms with E-state index in [4.69, 9.17) is 14.2 Å². The van der Waals surface area contributed by atoms with Crippen molar-refractivity contribution in [2.75, 3.05) is 41.5 Å². The van der Waals surface area contributed by atoms with Crippen molar-refractivity contribution in [3.63, 3.8) is 0 Å². The molecule has 4 aromatic rings. The molecular formula is C46H58N4O6. The number of H-pyrrole nitrogens is 2. The highest BCUT2D eigenvalue weighted by atomic mass is 16.5. The number of carbonyl (C=O) groups excluding carboxylic acids is 3. The molecule has 0 spiro atoms. The van der Waals surface area contributed by atoms with Gasteiger partial charge in [0, 0.05) is 88.4 Å². The van der Waals surface area contributed by atoms with Crippen molar-refractivity contribution >= 4 is 39.5 Å². The summed E-state index contributed by atoms with van der Waals surface area (Å²) in [6, 6.07) is 13.1. The first kappa shape index (κ1) is 37.4. The number of aromatic amines is 2. The average molecular weight is 763 g/mol. The summed E-state index contributed by atoms with van der Waals surface area (Å²) in [6.07, 6.45) is 6.42. The third-order valence-corrected chi connectivity index (χ3v) is 15.4. The van der Waals surface area contributed by atoms with Crippen molar-refractivity contribution in [2.45, 2.75) is 102 Å². The van der Waals surface area contributed by atoms with E-state index in [1.165, 1.54) is 36.4 Å². The van der Waals surface area contributed by atoms with Crippen LogP contribution in [0.15, 0.2) is 36.4 Å². The summed E-state index contributed by atoms with van der Waals surface area (Å²) in [4.78, 5) is 53.8. The van der Waals surface area contributed by atoms with E-state index < -0.39 is 5.41 Å². The highest BCUT2D eigenvalue weighted by Crippen LogP contribution is 2.59. The fourth-order valence-corrected chi connectivity index (χ4v) is 13.1. The molecule has 10 heteroatoms. The number of ether oxygens (including phenoxy) is 3. The van der Waals surface area contributed by atoms with Gasteiger partial charge in [0.25, 0.3) is 0 Å². The first-order valence-electron chi connectivity index (χ1n) is 21.0. The van der Waals surface area contributed by atoms with Crippen molar-refractivity contribution in [1.29, 1.82) is 0 Å². The number of nitrogens with one attached hydrogen (secondary N) is 2. The number of aromatic nitrogens is 2. The molecule has 6 aliphatic rings. The zero-order valence-electron chi connectivity index (χ0n) is 34.1. The highest BCUT2D eigenvalue weighted by molar-refractivity contribution is 5.93. The molecule has 298 valence electrons. The largest absolute Gasteiger partial charge is 0.496 e. The van der Waals surface area contributed by atoms with Crippen molar-refractivity contribution in [1.82, 2.24) is 19.8 Å². The fraction of sp³-hybridized carbons (Fsp3) is 0.587. The predicted octanol–water partition coefficient (Wildman–Crippen LogP) is 6.92. The van der Waals surface area contributed by atoms with E-state index in [0.717, 1.165) is 85.0 Å². The fourth-order valence-electron chi connectivity index (χ4n) is 13.1. The first-order valence-corrected chi connectivity index (χ1v) is 21.0. The van der Waals surface area contributed by atoms with Crippen LogP contribution >= 0.6 is 0 Å². The van der Waals surface area contributed by atoms with Crippen LogP contribution in [0.25, 0.3) is 21.8 Å². The number of ketones is 1. The van der Waals surface area contributed by atoms with E-state index >= 15 is 0 Å². The molecular weight excluding hydrogens is 705 g/mol. The average Bonchev–Trinajstić information content (AvgIpc) is 3.72. The number of piperidine rings is 3. The summed E-state index contributed by atoms with van der Waals surface area (Å²) < 4.78 is 17.7. The van der Waals surface area contributed by atoms with Crippen LogP contribution in [-0.4, -0.2) is 97.1 Å². The molecule has 11 unspecified atom stereocenters. The van der Waals surface area contributed by atoms with Gasteiger partial charge in [-0.15, -0.1) is 0 Å². The van der Waals surface area contributed by atoms with E-state index in [-0.39, 0.29) is 59.5 Å². The van der Waals surface area contributed by atoms with Crippen LogP contribution in [0.3, 0.4) is 0 Å². The van der Waals surface area contributed by atoms with Gasteiger partial charge in [0.15, 0.2) is 0 Å². The molecule has 0 radical (unpaired) electrons. The number of benzene rings is 2. The van der Waals surface area contributed by atoms with E-state index in [1.54, 1.807) is 14.0 Å². The quantitative estimate of drug-likeness (QED) is 0.186. The lowest BCUT2D eigenvalue weighted by Gasteiger charge is -2.61. The van der Waals surface area contributed by atoms with Gasteiger partial charge in [0.2, 0.25) is 0 Å². The second kappa shape index (κ2) is 14.0. The third-order valence-electron chi connectivity index (χ3n) is 15.4. The summed E-state index contributed by atoms with van der Waals surface area (Å²) >= 11 is 0. The second-order valence-corrected chi connectivity index (χ2v) is 17.8. The normalized spacial score (nSPS) is 33.6. The first-order chi connectivity index (χ1) is 27.1. The molecule has 10 nitrogen and oxygen atoms in total. The molecule has 10 rings (SSSR count). The smallest absolute Gasteiger partial charge is 0.319 e. The zero-order chi connectivity index (χ0) is 39.2. The number of methoxy groups -OCH3 is 3. The number of fused-ring (bicyclic) bond motifs is 9. The van der Waals surface area contributed by atoms with Crippen LogP contribution in [0.4, 0.5) is 0 Å². The van der Waals surface area contributed by atoms with Gasteiger partial charge in [-0.2, -0.15) is 0 Å². The maximum atomic E-state index is 14.5. The number of likely N-dealkylation sites (N-methyl/N-ethyl adjacent to an activating group) is 1. The monoisotopic (exact) mass is 762 g/mol. The van der Waals surface area contributed by atoms with E-state index in [0.29, 0.717) is 24.7 Å². The Morgan fingerprint density at radius 1 is 0.929 bits per heavy atom. The Bertz CT molecular complexity index is 2210. The van der Waals surface area contributed by atoms with Crippen LogP contribution in [0.1, 0.15) is 93.3 Å². The van der Waals surface area contributed by atoms with Gasteiger partial charge in [-0.3, -0.25) is 19.3 Å². The summed E-state index contributed by atoms with van der Waals surface area (Å²) in [5, 5.41) is 2.30. The molecule has 3 saturated heterocycles. The van der Waals surface area contributed by atoms with Gasteiger partial charge in [0.1, 0.15) is 16.9 Å². The number of carbonyl (C=O) groups is 3. The van der Waals surface area contributed by atoms with E-state index in [1.807, 2.05) is 0 Å². The van der Waals surface area contributed by atoms with Gasteiger partial charge >= 0.3 is 11.9 Å². The van der Waals surface area contributed by atoms with Gasteiger partial charge in [-0.05, 0) is 93.0 Å². The number of Topliss-reactive ketones (excluding diaryl/α,β-unsaturated/α-hetero) is 1. The number of rotatable bonds is 8. The number of likely N-dealkylation sites (tertiary alicyclic amines) is 1. The zero-order valence-corrected chi connectivity index (χ0v) is 34.1. The molecule has 0 amide bonds. The predicted molar refractivity (Wildman–Crippen MR) is 216 cm³/mol. The van der Waals surface area contributed by atoms with Crippen molar-refractivity contribution < 1.29 is 28.6 Å². The summed E-state index contributed by atoms with van der Waals surface area (Å²) in [7, 11) is 6.98. The van der Waals surface area contributed by atoms with Crippen LogP contribution in [0.5, 0.6) is 5.75 Å². The second-order valence-electron chi connectivity index (χ2n) is 17.8. The lowest BCUT2D eigenvalue weighted by Crippen LogP contribution is -2.70. The topological polar surface area (TPSA) is 117 Å². The minimum atomic E-state index is -0.861. The molecule has 2 aromatic heterocycles. The molecule has 4 aliphatic heterocycles. The van der Waals surface area contributed by atoms with Crippen LogP contribution < -0.4 is 4.74 Å². The summed E-state index contributed by atoms with van der Waals surface area (Å²) in [5.41, 5.74) is 6.88. The molecule has 6 bridgehead atoms. The molecule has 2 aliphatic carbocycles. The molecule has 11 atom stereocenters. The highest BCUT2D eigenvalue weighted by Gasteiger charge is 2.65. The maximum absolute atomic E-state index is 14.5. The van der Waals surface area contributed by atoms with Crippen molar-refractivity contribution in [3.8, 4) is 5.75 Å². The minimum Gasteiger partial charge on any atom is -0.496 e. The lowest BCUT2D eigenvalue weighted by molar-refractivity contribution is -0.169. The standard InChI is InChI=1S/C46H58N4O6/c1-8-25-17-27-22-46(45(53)56-7)42-29(14-15-50(43(25)46)37(27)16-24(3)51)31-19-32(39(54-5)21-36(31)48-42)33-18-30-26(9-2)23-49(4)38(40(30)44(52)55-6)20-34-28-12-10-11-13-35(28)47-41(33)34/h10-13,19,21,25-27,30,33,37-38,40,43,47-48H,8-9,14-18,20,22-23H2,1-7H3. The van der Waals surface area contributed by atoms with Gasteiger partial charge in [0.05, 0.1) is 27.2 Å². The minimum absolute atomic E-state index is 0.0250. The maximum Gasteiger partial charge on any atom is 0.319 e. The number of para-hydroxylation sites is 1. The summed E-state index contributed by atoms with van der Waals surface area (Å²) in [5.74, 6) is 1.33. The molecule has 4 fully saturated rings. The van der Waals surface area contributed by atoms with Gasteiger partial charge < -0.3 is 29.1 Å². The number of esters is 2. The number of hydrogen-bond donors (Lipinski definition) is 2. The Morgan fingerprint density at radius 2 is 1.71 bits per heavy atom. The summed E-state index contributed by atoms with van der Waals surface area (Å²) in [6.45, 7) is 7.90. The molecule has 2 aromatic carbocycles. The molecule has 1 saturated carbocycles. The van der Waals surface area contributed by atoms with Crippen molar-refractivity contribution in [2.24, 2.45) is 29.6 Å². The Kier molecular flexibility index (Phi) is 9.39.